The van der Waals surface area contributed by atoms with Crippen LogP contribution in [0.5, 0.6) is 0 Å². The van der Waals surface area contributed by atoms with Crippen LogP contribution in [0.1, 0.15) is 16.8 Å². The largest absolute Gasteiger partial charge is 0.352 e. The number of hydrogen-bond donors (Lipinski definition) is 2. The first-order chi connectivity index (χ1) is 11.9. The highest BCUT2D eigenvalue weighted by Gasteiger charge is 2.18. The molecule has 0 fully saturated rings. The predicted molar refractivity (Wildman–Crippen MR) is 99.2 cm³/mol. The van der Waals surface area contributed by atoms with Gasteiger partial charge in [-0.05, 0) is 51.3 Å². The van der Waals surface area contributed by atoms with Gasteiger partial charge >= 0.3 is 0 Å². The molecule has 0 heterocycles. The molecule has 0 atom stereocenters. The lowest BCUT2D eigenvalue weighted by atomic mass is 10.1. The van der Waals surface area contributed by atoms with Crippen molar-refractivity contribution in [2.45, 2.75) is 11.3 Å². The number of carbonyl (C=O) groups excluding carboxylic acids is 1. The smallest absolute Gasteiger partial charge is 0.261 e. The molecule has 0 saturated carbocycles. The highest BCUT2D eigenvalue weighted by atomic mass is 32.2. The molecule has 2 aromatic carbocycles. The second kappa shape index (κ2) is 8.64. The number of benzene rings is 2. The molecule has 0 aliphatic heterocycles. The molecule has 6 nitrogen and oxygen atoms in total. The summed E-state index contributed by atoms with van der Waals surface area (Å²) in [6.45, 7) is 1.39. The van der Waals surface area contributed by atoms with Crippen LogP contribution in [0, 0.1) is 0 Å². The van der Waals surface area contributed by atoms with E-state index in [1.165, 1.54) is 12.1 Å². The number of rotatable bonds is 8. The average molecular weight is 361 g/mol. The third kappa shape index (κ3) is 5.58. The normalized spacial score (nSPS) is 11.3. The maximum atomic E-state index is 12.5. The fourth-order valence-electron chi connectivity index (χ4n) is 2.27. The van der Waals surface area contributed by atoms with E-state index in [4.69, 9.17) is 0 Å². The van der Waals surface area contributed by atoms with Crippen molar-refractivity contribution in [3.8, 4) is 0 Å². The maximum Gasteiger partial charge on any atom is 0.261 e. The number of anilines is 1. The van der Waals surface area contributed by atoms with E-state index in [0.29, 0.717) is 12.1 Å². The topological polar surface area (TPSA) is 78.5 Å². The summed E-state index contributed by atoms with van der Waals surface area (Å²) in [5, 5.41) is 2.82. The first-order valence-electron chi connectivity index (χ1n) is 8.00. The molecule has 134 valence electrons. The zero-order chi connectivity index (χ0) is 18.3. The van der Waals surface area contributed by atoms with Crippen LogP contribution in [-0.4, -0.2) is 46.4 Å². The number of amides is 1. The molecule has 0 spiro atoms. The summed E-state index contributed by atoms with van der Waals surface area (Å²) in [6.07, 6.45) is 0.816. The van der Waals surface area contributed by atoms with Crippen molar-refractivity contribution in [1.29, 1.82) is 0 Å². The molecule has 0 aliphatic rings. The Labute approximate surface area is 148 Å². The molecule has 0 saturated heterocycles. The third-order valence-corrected chi connectivity index (χ3v) is 4.92. The number of hydrogen-bond acceptors (Lipinski definition) is 4. The number of nitrogens with one attached hydrogen (secondary N) is 2. The standard InChI is InChI=1S/C18H23N3O3S/c1-21(2)14-8-13-19-18(22)16-11-6-7-12-17(16)20-25(23,24)15-9-4-3-5-10-15/h3-7,9-12,20H,8,13-14H2,1-2H3,(H,19,22). The van der Waals surface area contributed by atoms with Crippen molar-refractivity contribution in [2.24, 2.45) is 0 Å². The van der Waals surface area contributed by atoms with Gasteiger partial charge in [0.05, 0.1) is 16.1 Å². The molecule has 7 heteroatoms. The Kier molecular flexibility index (Phi) is 6.55. The highest BCUT2D eigenvalue weighted by Crippen LogP contribution is 2.20. The Morgan fingerprint density at radius 1 is 1.00 bits per heavy atom. The van der Waals surface area contributed by atoms with Crippen molar-refractivity contribution in [3.63, 3.8) is 0 Å². The van der Waals surface area contributed by atoms with Gasteiger partial charge in [-0.25, -0.2) is 8.42 Å². The molecule has 25 heavy (non-hydrogen) atoms. The summed E-state index contributed by atoms with van der Waals surface area (Å²) in [7, 11) is 0.193. The Bertz CT molecular complexity index is 805. The van der Waals surface area contributed by atoms with Crippen molar-refractivity contribution < 1.29 is 13.2 Å². The SMILES string of the molecule is CN(C)CCCNC(=O)c1ccccc1NS(=O)(=O)c1ccccc1. The van der Waals surface area contributed by atoms with Gasteiger partial charge in [-0.1, -0.05) is 30.3 Å². The number of sulfonamides is 1. The minimum absolute atomic E-state index is 0.149. The zero-order valence-electron chi connectivity index (χ0n) is 14.4. The summed E-state index contributed by atoms with van der Waals surface area (Å²) < 4.78 is 27.4. The summed E-state index contributed by atoms with van der Waals surface area (Å²) in [5.74, 6) is -0.301. The van der Waals surface area contributed by atoms with Crippen LogP contribution in [0.3, 0.4) is 0 Å². The van der Waals surface area contributed by atoms with E-state index >= 15 is 0 Å². The Balaban J connectivity index is 2.11. The van der Waals surface area contributed by atoms with E-state index in [1.807, 2.05) is 19.0 Å². The van der Waals surface area contributed by atoms with Crippen LogP contribution in [0.25, 0.3) is 0 Å². The predicted octanol–water partition coefficient (Wildman–Crippen LogP) is 2.17. The summed E-state index contributed by atoms with van der Waals surface area (Å²) >= 11 is 0. The average Bonchev–Trinajstić information content (AvgIpc) is 2.59. The van der Waals surface area contributed by atoms with Crippen LogP contribution in [0.4, 0.5) is 5.69 Å². The molecule has 0 radical (unpaired) electrons. The summed E-state index contributed by atoms with van der Waals surface area (Å²) in [6, 6.07) is 14.6. The Morgan fingerprint density at radius 2 is 1.64 bits per heavy atom. The lowest BCUT2D eigenvalue weighted by Crippen LogP contribution is -2.28. The first kappa shape index (κ1) is 19.0. The fourth-order valence-corrected chi connectivity index (χ4v) is 3.37. The molecule has 2 N–H and O–H groups in total. The second-order valence-electron chi connectivity index (χ2n) is 5.88. The molecule has 2 rings (SSSR count). The lowest BCUT2D eigenvalue weighted by molar-refractivity contribution is 0.0953. The van der Waals surface area contributed by atoms with Gasteiger partial charge in [-0.15, -0.1) is 0 Å². The number of nitrogens with zero attached hydrogens (tertiary/aromatic N) is 1. The van der Waals surface area contributed by atoms with Crippen molar-refractivity contribution in [3.05, 3.63) is 60.2 Å². The Hall–Kier alpha value is -2.38. The molecule has 0 aromatic heterocycles. The van der Waals surface area contributed by atoms with Crippen molar-refractivity contribution in [2.75, 3.05) is 31.9 Å². The molecule has 2 aromatic rings. The van der Waals surface area contributed by atoms with E-state index < -0.39 is 10.0 Å². The van der Waals surface area contributed by atoms with E-state index in [9.17, 15) is 13.2 Å². The van der Waals surface area contributed by atoms with Crippen LogP contribution >= 0.6 is 0 Å². The van der Waals surface area contributed by atoms with Gasteiger partial charge in [0, 0.05) is 6.54 Å². The summed E-state index contributed by atoms with van der Waals surface area (Å²) in [5.41, 5.74) is 0.559. The van der Waals surface area contributed by atoms with Gasteiger partial charge in [0.1, 0.15) is 0 Å². The van der Waals surface area contributed by atoms with E-state index in [1.54, 1.807) is 42.5 Å². The minimum atomic E-state index is -3.74. The zero-order valence-corrected chi connectivity index (χ0v) is 15.2. The minimum Gasteiger partial charge on any atom is -0.352 e. The van der Waals surface area contributed by atoms with Crippen molar-refractivity contribution >= 4 is 21.6 Å². The molecule has 0 unspecified atom stereocenters. The van der Waals surface area contributed by atoms with Gasteiger partial charge in [0.25, 0.3) is 15.9 Å². The van der Waals surface area contributed by atoms with Crippen LogP contribution in [0.2, 0.25) is 0 Å². The maximum absolute atomic E-state index is 12.5. The number of carbonyl (C=O) groups is 1. The van der Waals surface area contributed by atoms with Gasteiger partial charge in [0.2, 0.25) is 0 Å². The first-order valence-corrected chi connectivity index (χ1v) is 9.48. The summed E-state index contributed by atoms with van der Waals surface area (Å²) in [4.78, 5) is 14.6. The van der Waals surface area contributed by atoms with Gasteiger partial charge in [-0.2, -0.15) is 0 Å². The molecule has 1 amide bonds. The fraction of sp³-hybridized carbons (Fsp3) is 0.278. The number of para-hydroxylation sites is 1. The van der Waals surface area contributed by atoms with Crippen LogP contribution in [-0.2, 0) is 10.0 Å². The van der Waals surface area contributed by atoms with E-state index in [-0.39, 0.29) is 16.5 Å². The third-order valence-electron chi connectivity index (χ3n) is 3.54. The van der Waals surface area contributed by atoms with E-state index in [0.717, 1.165) is 13.0 Å². The monoisotopic (exact) mass is 361 g/mol. The Morgan fingerprint density at radius 3 is 2.32 bits per heavy atom. The molecule has 0 bridgehead atoms. The van der Waals surface area contributed by atoms with E-state index in [2.05, 4.69) is 10.0 Å². The molecular formula is C18H23N3O3S. The van der Waals surface area contributed by atoms with Gasteiger partial charge in [0.15, 0.2) is 0 Å². The quantitative estimate of drug-likeness (QED) is 0.707. The highest BCUT2D eigenvalue weighted by molar-refractivity contribution is 7.92. The van der Waals surface area contributed by atoms with Gasteiger partial charge in [-0.3, -0.25) is 9.52 Å². The van der Waals surface area contributed by atoms with Crippen LogP contribution < -0.4 is 10.0 Å². The van der Waals surface area contributed by atoms with Crippen LogP contribution in [0.15, 0.2) is 59.5 Å². The molecular weight excluding hydrogens is 338 g/mol. The lowest BCUT2D eigenvalue weighted by Gasteiger charge is -2.13. The van der Waals surface area contributed by atoms with Gasteiger partial charge < -0.3 is 10.2 Å². The second-order valence-corrected chi connectivity index (χ2v) is 7.56. The molecule has 0 aliphatic carbocycles. The van der Waals surface area contributed by atoms with Crippen molar-refractivity contribution in [1.82, 2.24) is 10.2 Å².